The first-order valence-corrected chi connectivity index (χ1v) is 7.77. The molecule has 3 rings (SSSR count). The lowest BCUT2D eigenvalue weighted by atomic mass is 10.1. The van der Waals surface area contributed by atoms with Crippen molar-refractivity contribution in [3.05, 3.63) is 45.2 Å². The highest BCUT2D eigenvalue weighted by Crippen LogP contribution is 2.35. The summed E-state index contributed by atoms with van der Waals surface area (Å²) in [5.41, 5.74) is 2.58. The Hall–Kier alpha value is -1.24. The molecule has 0 amide bonds. The first-order chi connectivity index (χ1) is 9.58. The highest BCUT2D eigenvalue weighted by atomic mass is 35.5. The Kier molecular flexibility index (Phi) is 3.62. The predicted molar refractivity (Wildman–Crippen MR) is 81.8 cm³/mol. The number of nitrogens with one attached hydrogen (secondary N) is 2. The van der Waals surface area contributed by atoms with Gasteiger partial charge >= 0.3 is 0 Å². The van der Waals surface area contributed by atoms with Gasteiger partial charge in [-0.15, -0.1) is 11.3 Å². The number of thiophene rings is 1. The van der Waals surface area contributed by atoms with Crippen LogP contribution < -0.4 is 4.72 Å². The number of hydrogen-bond acceptors (Lipinski definition) is 3. The molecule has 104 valence electrons. The molecule has 0 aliphatic carbocycles. The first kappa shape index (κ1) is 13.7. The third-order valence-corrected chi connectivity index (χ3v) is 4.98. The van der Waals surface area contributed by atoms with Gasteiger partial charge in [0.05, 0.1) is 16.2 Å². The minimum absolute atomic E-state index is 0.0265. The standard InChI is InChI=1S/C13H9ClF2N2S2/c1-6-2-3-9(11-10(6)7(14)4-17-11)18-20-12-8(15)5-19-13(12)16/h2-5,17-18H,1H3. The third-order valence-electron chi connectivity index (χ3n) is 2.92. The van der Waals surface area contributed by atoms with Crippen LogP contribution in [0.25, 0.3) is 10.9 Å². The summed E-state index contributed by atoms with van der Waals surface area (Å²) >= 11 is 7.77. The normalized spacial score (nSPS) is 11.2. The number of rotatable bonds is 3. The fraction of sp³-hybridized carbons (Fsp3) is 0.0769. The summed E-state index contributed by atoms with van der Waals surface area (Å²) in [6.45, 7) is 1.96. The second-order valence-electron chi connectivity index (χ2n) is 4.21. The van der Waals surface area contributed by atoms with Gasteiger partial charge < -0.3 is 9.71 Å². The van der Waals surface area contributed by atoms with Gasteiger partial charge in [0, 0.05) is 17.0 Å². The lowest BCUT2D eigenvalue weighted by molar-refractivity contribution is 0.569. The largest absolute Gasteiger partial charge is 0.358 e. The van der Waals surface area contributed by atoms with Crippen LogP contribution in [-0.2, 0) is 0 Å². The molecule has 0 unspecified atom stereocenters. The zero-order valence-electron chi connectivity index (χ0n) is 10.3. The molecule has 2 aromatic heterocycles. The van der Waals surface area contributed by atoms with E-state index in [9.17, 15) is 8.78 Å². The van der Waals surface area contributed by atoms with E-state index in [0.717, 1.165) is 50.8 Å². The zero-order chi connectivity index (χ0) is 14.3. The van der Waals surface area contributed by atoms with Crippen LogP contribution in [0, 0.1) is 17.9 Å². The fourth-order valence-electron chi connectivity index (χ4n) is 1.96. The molecular weight excluding hydrogens is 322 g/mol. The van der Waals surface area contributed by atoms with Gasteiger partial charge in [-0.05, 0) is 30.5 Å². The number of aromatic nitrogens is 1. The average Bonchev–Trinajstić information content (AvgIpc) is 2.95. The van der Waals surface area contributed by atoms with Crippen molar-refractivity contribution in [1.82, 2.24) is 4.98 Å². The molecule has 2 N–H and O–H groups in total. The highest BCUT2D eigenvalue weighted by Gasteiger charge is 2.14. The molecule has 0 saturated heterocycles. The molecule has 0 radical (unpaired) electrons. The number of aromatic amines is 1. The van der Waals surface area contributed by atoms with Gasteiger partial charge in [-0.1, -0.05) is 17.7 Å². The van der Waals surface area contributed by atoms with Crippen molar-refractivity contribution in [2.45, 2.75) is 11.8 Å². The Morgan fingerprint density at radius 2 is 2.15 bits per heavy atom. The van der Waals surface area contributed by atoms with Gasteiger partial charge in [0.1, 0.15) is 4.90 Å². The maximum atomic E-state index is 13.4. The minimum Gasteiger partial charge on any atom is -0.358 e. The minimum atomic E-state index is -0.558. The summed E-state index contributed by atoms with van der Waals surface area (Å²) in [4.78, 5) is 3.04. The maximum absolute atomic E-state index is 13.4. The Morgan fingerprint density at radius 3 is 2.85 bits per heavy atom. The lowest BCUT2D eigenvalue weighted by Crippen LogP contribution is -1.91. The van der Waals surface area contributed by atoms with Crippen molar-refractivity contribution in [2.24, 2.45) is 0 Å². The molecule has 7 heteroatoms. The lowest BCUT2D eigenvalue weighted by Gasteiger charge is -2.07. The Labute approximate surface area is 127 Å². The van der Waals surface area contributed by atoms with Gasteiger partial charge in [-0.2, -0.15) is 4.39 Å². The van der Waals surface area contributed by atoms with Crippen LogP contribution in [0.3, 0.4) is 0 Å². The SMILES string of the molecule is Cc1ccc(NSc2c(F)csc2F)c2[nH]cc(Cl)c12. The van der Waals surface area contributed by atoms with Crippen LogP contribution in [0.1, 0.15) is 5.56 Å². The second kappa shape index (κ2) is 5.27. The number of H-pyrrole nitrogens is 1. The molecule has 2 heterocycles. The molecular formula is C13H9ClF2N2S2. The van der Waals surface area contributed by atoms with Crippen LogP contribution in [-0.4, -0.2) is 4.98 Å². The van der Waals surface area contributed by atoms with Gasteiger partial charge in [-0.25, -0.2) is 4.39 Å². The first-order valence-electron chi connectivity index (χ1n) is 5.69. The topological polar surface area (TPSA) is 27.8 Å². The highest BCUT2D eigenvalue weighted by molar-refractivity contribution is 8.00. The number of benzene rings is 1. The molecule has 0 aliphatic rings. The number of anilines is 1. The Bertz CT molecular complexity index is 763. The van der Waals surface area contributed by atoms with E-state index < -0.39 is 10.9 Å². The summed E-state index contributed by atoms with van der Waals surface area (Å²) in [5.74, 6) is -0.558. The van der Waals surface area contributed by atoms with Crippen molar-refractivity contribution in [1.29, 1.82) is 0 Å². The number of aryl methyl sites for hydroxylation is 1. The molecule has 0 saturated carbocycles. The summed E-state index contributed by atoms with van der Waals surface area (Å²) in [5, 5.41) is 2.14. The van der Waals surface area contributed by atoms with E-state index in [1.165, 1.54) is 0 Å². The summed E-state index contributed by atoms with van der Waals surface area (Å²) in [6.07, 6.45) is 1.70. The quantitative estimate of drug-likeness (QED) is 0.613. The van der Waals surface area contributed by atoms with Crippen molar-refractivity contribution < 1.29 is 8.78 Å². The van der Waals surface area contributed by atoms with E-state index >= 15 is 0 Å². The monoisotopic (exact) mass is 330 g/mol. The van der Waals surface area contributed by atoms with Crippen molar-refractivity contribution in [3.8, 4) is 0 Å². The van der Waals surface area contributed by atoms with Crippen molar-refractivity contribution >= 4 is 51.5 Å². The number of hydrogen-bond donors (Lipinski definition) is 2. The van der Waals surface area contributed by atoms with Gasteiger partial charge in [0.2, 0.25) is 0 Å². The van der Waals surface area contributed by atoms with Crippen LogP contribution in [0.5, 0.6) is 0 Å². The average molecular weight is 331 g/mol. The van der Waals surface area contributed by atoms with E-state index in [0.29, 0.717) is 5.02 Å². The van der Waals surface area contributed by atoms with Gasteiger partial charge in [0.25, 0.3) is 0 Å². The molecule has 1 aromatic carbocycles. The second-order valence-corrected chi connectivity index (χ2v) is 6.26. The molecule has 0 spiro atoms. The third kappa shape index (κ3) is 2.28. The predicted octanol–water partition coefficient (Wildman–Crippen LogP) is 5.59. The number of fused-ring (bicyclic) bond motifs is 1. The molecule has 0 atom stereocenters. The van der Waals surface area contributed by atoms with Crippen LogP contribution in [0.2, 0.25) is 5.02 Å². The maximum Gasteiger partial charge on any atom is 0.194 e. The van der Waals surface area contributed by atoms with Crippen molar-refractivity contribution in [2.75, 3.05) is 4.72 Å². The molecule has 20 heavy (non-hydrogen) atoms. The Morgan fingerprint density at radius 1 is 1.35 bits per heavy atom. The Balaban J connectivity index is 1.94. The zero-order valence-corrected chi connectivity index (χ0v) is 12.6. The fourth-order valence-corrected chi connectivity index (χ4v) is 3.75. The van der Waals surface area contributed by atoms with E-state index in [4.69, 9.17) is 11.6 Å². The van der Waals surface area contributed by atoms with Crippen LogP contribution in [0.4, 0.5) is 14.5 Å². The van der Waals surface area contributed by atoms with Gasteiger partial charge in [0.15, 0.2) is 10.9 Å². The van der Waals surface area contributed by atoms with E-state index in [2.05, 4.69) is 9.71 Å². The van der Waals surface area contributed by atoms with Gasteiger partial charge in [-0.3, -0.25) is 0 Å². The summed E-state index contributed by atoms with van der Waals surface area (Å²) in [7, 11) is 0. The van der Waals surface area contributed by atoms with Crippen LogP contribution in [0.15, 0.2) is 28.6 Å². The van der Waals surface area contributed by atoms with Crippen molar-refractivity contribution in [3.63, 3.8) is 0 Å². The van der Waals surface area contributed by atoms with Crippen LogP contribution >= 0.6 is 34.9 Å². The van der Waals surface area contributed by atoms with E-state index in [-0.39, 0.29) is 4.90 Å². The molecule has 3 aromatic rings. The number of halogens is 3. The van der Waals surface area contributed by atoms with E-state index in [1.54, 1.807) is 6.20 Å². The summed E-state index contributed by atoms with van der Waals surface area (Å²) < 4.78 is 29.7. The molecule has 0 bridgehead atoms. The smallest absolute Gasteiger partial charge is 0.194 e. The molecule has 2 nitrogen and oxygen atoms in total. The summed E-state index contributed by atoms with van der Waals surface area (Å²) in [6, 6.07) is 3.75. The molecule has 0 aliphatic heterocycles. The molecule has 0 fully saturated rings. The van der Waals surface area contributed by atoms with E-state index in [1.807, 2.05) is 19.1 Å².